The van der Waals surface area contributed by atoms with Crippen LogP contribution in [0.1, 0.15) is 31.5 Å². The quantitative estimate of drug-likeness (QED) is 0.795. The maximum atomic E-state index is 6.09. The van der Waals surface area contributed by atoms with Crippen molar-refractivity contribution in [1.82, 2.24) is 4.98 Å². The van der Waals surface area contributed by atoms with Crippen LogP contribution in [-0.2, 0) is 6.42 Å². The molecular weight excluding hydrogens is 172 g/mol. The van der Waals surface area contributed by atoms with Crippen molar-refractivity contribution in [1.29, 1.82) is 0 Å². The number of aryl methyl sites for hydroxylation is 1. The van der Waals surface area contributed by atoms with Gasteiger partial charge >= 0.3 is 0 Å². The number of pyridine rings is 1. The molecule has 0 aliphatic carbocycles. The van der Waals surface area contributed by atoms with Crippen LogP contribution < -0.4 is 5.73 Å². The van der Waals surface area contributed by atoms with E-state index in [4.69, 9.17) is 5.73 Å². The lowest BCUT2D eigenvalue weighted by molar-refractivity contribution is 0.436. The van der Waals surface area contributed by atoms with Crippen molar-refractivity contribution in [3.63, 3.8) is 0 Å². The Labute approximate surface area is 86.5 Å². The number of nitrogens with two attached hydrogens (primary N) is 1. The molecule has 0 aromatic carbocycles. The molecule has 2 N–H and O–H groups in total. The third-order valence-corrected chi connectivity index (χ3v) is 2.92. The maximum Gasteiger partial charge on any atom is 0.0448 e. The van der Waals surface area contributed by atoms with Crippen LogP contribution in [-0.4, -0.2) is 11.0 Å². The zero-order chi connectivity index (χ0) is 10.6. The maximum absolute atomic E-state index is 6.09. The highest BCUT2D eigenvalue weighted by molar-refractivity contribution is 5.18. The van der Waals surface area contributed by atoms with Crippen molar-refractivity contribution in [2.45, 2.75) is 39.7 Å². The van der Waals surface area contributed by atoms with Crippen LogP contribution in [0.5, 0.6) is 0 Å². The molecule has 1 rings (SSSR count). The molecule has 0 aliphatic rings. The first-order chi connectivity index (χ1) is 6.65. The molecule has 0 amide bonds. The zero-order valence-corrected chi connectivity index (χ0v) is 9.33. The molecule has 2 heteroatoms. The Morgan fingerprint density at radius 3 is 2.79 bits per heavy atom. The van der Waals surface area contributed by atoms with E-state index in [-0.39, 0.29) is 6.04 Å². The Balaban J connectivity index is 2.64. The first-order valence-electron chi connectivity index (χ1n) is 5.31. The minimum atomic E-state index is 0.230. The summed E-state index contributed by atoms with van der Waals surface area (Å²) in [5.74, 6) is 0.566. The number of nitrogens with zero attached hydrogens (tertiary/aromatic N) is 1. The Bertz CT molecular complexity index is 283. The summed E-state index contributed by atoms with van der Waals surface area (Å²) in [6.45, 7) is 6.46. The number of rotatable bonds is 4. The molecular formula is C12H20N2. The fourth-order valence-electron chi connectivity index (χ4n) is 1.46. The van der Waals surface area contributed by atoms with Crippen LogP contribution >= 0.6 is 0 Å². The van der Waals surface area contributed by atoms with E-state index < -0.39 is 0 Å². The highest BCUT2D eigenvalue weighted by atomic mass is 14.7. The van der Waals surface area contributed by atoms with Gasteiger partial charge in [0.05, 0.1) is 0 Å². The molecule has 0 saturated heterocycles. The van der Waals surface area contributed by atoms with E-state index in [0.29, 0.717) is 5.92 Å². The summed E-state index contributed by atoms with van der Waals surface area (Å²) >= 11 is 0. The van der Waals surface area contributed by atoms with Gasteiger partial charge in [0.25, 0.3) is 0 Å². The van der Waals surface area contributed by atoms with Gasteiger partial charge in [0.1, 0.15) is 0 Å². The average molecular weight is 192 g/mol. The summed E-state index contributed by atoms with van der Waals surface area (Å²) in [4.78, 5) is 4.35. The predicted molar refractivity (Wildman–Crippen MR) is 60.1 cm³/mol. The number of hydrogen-bond acceptors (Lipinski definition) is 2. The lowest BCUT2D eigenvalue weighted by atomic mass is 9.95. The van der Waals surface area contributed by atoms with E-state index in [1.54, 1.807) is 0 Å². The van der Waals surface area contributed by atoms with Crippen LogP contribution in [0, 0.1) is 12.8 Å². The summed E-state index contributed by atoms with van der Waals surface area (Å²) in [5, 5.41) is 0. The number of hydrogen-bond donors (Lipinski definition) is 1. The second kappa shape index (κ2) is 5.11. The zero-order valence-electron chi connectivity index (χ0n) is 9.33. The topological polar surface area (TPSA) is 38.9 Å². The highest BCUT2D eigenvalue weighted by Gasteiger charge is 2.12. The normalized spacial score (nSPS) is 15.1. The largest absolute Gasteiger partial charge is 0.327 e. The van der Waals surface area contributed by atoms with Crippen LogP contribution in [0.3, 0.4) is 0 Å². The molecule has 2 atom stereocenters. The third-order valence-electron chi connectivity index (χ3n) is 2.92. The monoisotopic (exact) mass is 192 g/mol. The molecule has 1 aromatic heterocycles. The third kappa shape index (κ3) is 2.81. The predicted octanol–water partition coefficient (Wildman–Crippen LogP) is 2.31. The number of aromatic nitrogens is 1. The molecule has 1 aromatic rings. The second-order valence-electron chi connectivity index (χ2n) is 4.02. The van der Waals surface area contributed by atoms with E-state index in [1.165, 1.54) is 5.56 Å². The van der Waals surface area contributed by atoms with E-state index in [2.05, 4.69) is 31.8 Å². The minimum absolute atomic E-state index is 0.230. The molecule has 0 fully saturated rings. The summed E-state index contributed by atoms with van der Waals surface area (Å²) in [6, 6.07) is 4.29. The van der Waals surface area contributed by atoms with Crippen molar-refractivity contribution in [2.75, 3.05) is 0 Å². The average Bonchev–Trinajstić information content (AvgIpc) is 2.20. The van der Waals surface area contributed by atoms with Gasteiger partial charge in [-0.1, -0.05) is 26.3 Å². The molecule has 0 saturated carbocycles. The lowest BCUT2D eigenvalue weighted by Gasteiger charge is -2.18. The Hall–Kier alpha value is -0.890. The standard InChI is InChI=1S/C12H20N2/c1-4-9(2)11(13)8-12-10(3)6-5-7-14-12/h5-7,9,11H,4,8,13H2,1-3H3. The van der Waals surface area contributed by atoms with Gasteiger partial charge in [0, 0.05) is 24.4 Å². The molecule has 14 heavy (non-hydrogen) atoms. The van der Waals surface area contributed by atoms with E-state index in [9.17, 15) is 0 Å². The van der Waals surface area contributed by atoms with Gasteiger partial charge in [-0.25, -0.2) is 0 Å². The minimum Gasteiger partial charge on any atom is -0.327 e. The lowest BCUT2D eigenvalue weighted by Crippen LogP contribution is -2.30. The van der Waals surface area contributed by atoms with Gasteiger partial charge in [0.2, 0.25) is 0 Å². The van der Waals surface area contributed by atoms with Crippen molar-refractivity contribution in [3.05, 3.63) is 29.6 Å². The fraction of sp³-hybridized carbons (Fsp3) is 0.583. The van der Waals surface area contributed by atoms with Gasteiger partial charge in [-0.15, -0.1) is 0 Å². The molecule has 0 spiro atoms. The van der Waals surface area contributed by atoms with Crippen molar-refractivity contribution in [3.8, 4) is 0 Å². The SMILES string of the molecule is CCC(C)C(N)Cc1ncccc1C. The Morgan fingerprint density at radius 1 is 1.50 bits per heavy atom. The van der Waals surface area contributed by atoms with Crippen LogP contribution in [0.2, 0.25) is 0 Å². The summed E-state index contributed by atoms with van der Waals surface area (Å²) in [6.07, 6.45) is 3.86. The van der Waals surface area contributed by atoms with Crippen molar-refractivity contribution in [2.24, 2.45) is 11.7 Å². The molecule has 1 heterocycles. The van der Waals surface area contributed by atoms with Crippen molar-refractivity contribution < 1.29 is 0 Å². The van der Waals surface area contributed by atoms with Gasteiger partial charge in [0.15, 0.2) is 0 Å². The van der Waals surface area contributed by atoms with Gasteiger partial charge < -0.3 is 5.73 Å². The van der Waals surface area contributed by atoms with Gasteiger partial charge in [-0.05, 0) is 24.5 Å². The Kier molecular flexibility index (Phi) is 4.08. The van der Waals surface area contributed by atoms with Crippen LogP contribution in [0.15, 0.2) is 18.3 Å². The summed E-state index contributed by atoms with van der Waals surface area (Å²) < 4.78 is 0. The van der Waals surface area contributed by atoms with Gasteiger partial charge in [-0.2, -0.15) is 0 Å². The first-order valence-corrected chi connectivity index (χ1v) is 5.31. The first kappa shape index (κ1) is 11.2. The van der Waals surface area contributed by atoms with E-state index in [0.717, 1.165) is 18.5 Å². The second-order valence-corrected chi connectivity index (χ2v) is 4.02. The summed E-state index contributed by atoms with van der Waals surface area (Å²) in [7, 11) is 0. The fourth-order valence-corrected chi connectivity index (χ4v) is 1.46. The van der Waals surface area contributed by atoms with Gasteiger partial charge in [-0.3, -0.25) is 4.98 Å². The molecule has 0 radical (unpaired) electrons. The van der Waals surface area contributed by atoms with E-state index >= 15 is 0 Å². The molecule has 78 valence electrons. The van der Waals surface area contributed by atoms with Crippen LogP contribution in [0.4, 0.5) is 0 Å². The summed E-state index contributed by atoms with van der Waals surface area (Å²) in [5.41, 5.74) is 8.47. The van der Waals surface area contributed by atoms with E-state index in [1.807, 2.05) is 12.3 Å². The highest BCUT2D eigenvalue weighted by Crippen LogP contribution is 2.12. The Morgan fingerprint density at radius 2 is 2.21 bits per heavy atom. The van der Waals surface area contributed by atoms with Crippen LogP contribution in [0.25, 0.3) is 0 Å². The molecule has 2 nitrogen and oxygen atoms in total. The molecule has 0 bridgehead atoms. The molecule has 2 unspecified atom stereocenters. The smallest absolute Gasteiger partial charge is 0.0448 e. The van der Waals surface area contributed by atoms with Crippen molar-refractivity contribution >= 4 is 0 Å². The molecule has 0 aliphatic heterocycles.